The molecule has 0 radical (unpaired) electrons. The molecule has 50 valence electrons. The molecule has 0 atom stereocenters. The van der Waals surface area contributed by atoms with Crippen molar-refractivity contribution in [3.63, 3.8) is 0 Å². The van der Waals surface area contributed by atoms with Crippen molar-refractivity contribution in [2.75, 3.05) is 19.8 Å². The van der Waals surface area contributed by atoms with Gasteiger partial charge in [0.25, 0.3) is 0 Å². The second-order valence-corrected chi connectivity index (χ2v) is 2.95. The molecule has 0 bridgehead atoms. The van der Waals surface area contributed by atoms with Crippen molar-refractivity contribution in [2.24, 2.45) is 5.41 Å². The van der Waals surface area contributed by atoms with Crippen LogP contribution in [0.25, 0.3) is 0 Å². The number of carbonyl (C=O) groups is 1. The Morgan fingerprint density at radius 1 is 1.56 bits per heavy atom. The van der Waals surface area contributed by atoms with Crippen LogP contribution in [0.15, 0.2) is 0 Å². The van der Waals surface area contributed by atoms with Crippen LogP contribution in [0.3, 0.4) is 0 Å². The molecule has 0 aliphatic carbocycles. The van der Waals surface area contributed by atoms with E-state index in [1.165, 1.54) is 0 Å². The van der Waals surface area contributed by atoms with Gasteiger partial charge in [0.15, 0.2) is 0 Å². The van der Waals surface area contributed by atoms with Gasteiger partial charge in [0.05, 0.1) is 13.2 Å². The van der Waals surface area contributed by atoms with Crippen LogP contribution < -0.4 is 5.32 Å². The lowest BCUT2D eigenvalue weighted by Gasteiger charge is -2.35. The predicted molar refractivity (Wildman–Crippen MR) is 30.9 cm³/mol. The van der Waals surface area contributed by atoms with Crippen molar-refractivity contribution in [2.45, 2.75) is 6.42 Å². The summed E-state index contributed by atoms with van der Waals surface area (Å²) in [5.41, 5.74) is 0.205. The second-order valence-electron chi connectivity index (χ2n) is 2.95. The van der Waals surface area contributed by atoms with E-state index in [-0.39, 0.29) is 11.3 Å². The van der Waals surface area contributed by atoms with Gasteiger partial charge in [0.2, 0.25) is 5.91 Å². The zero-order valence-corrected chi connectivity index (χ0v) is 5.14. The Morgan fingerprint density at radius 3 is 2.56 bits per heavy atom. The van der Waals surface area contributed by atoms with E-state index in [4.69, 9.17) is 4.74 Å². The summed E-state index contributed by atoms with van der Waals surface area (Å²) in [5, 5.41) is 2.79. The number of hydrogen-bond donors (Lipinski definition) is 1. The summed E-state index contributed by atoms with van der Waals surface area (Å²) in [5.74, 6) is 0.179. The van der Waals surface area contributed by atoms with E-state index in [9.17, 15) is 4.79 Å². The van der Waals surface area contributed by atoms with Crippen LogP contribution in [0.4, 0.5) is 0 Å². The van der Waals surface area contributed by atoms with Gasteiger partial charge in [-0.25, -0.2) is 0 Å². The number of nitrogens with one attached hydrogen (secondary N) is 1. The van der Waals surface area contributed by atoms with Crippen molar-refractivity contribution in [1.82, 2.24) is 5.32 Å². The minimum Gasteiger partial charge on any atom is -0.380 e. The van der Waals surface area contributed by atoms with Gasteiger partial charge in [-0.3, -0.25) is 4.79 Å². The SMILES string of the molecule is O=C1CC2(CN1)COC2. The highest BCUT2D eigenvalue weighted by Crippen LogP contribution is 2.33. The topological polar surface area (TPSA) is 38.3 Å². The monoisotopic (exact) mass is 127 g/mol. The zero-order valence-electron chi connectivity index (χ0n) is 5.14. The molecule has 1 amide bonds. The fraction of sp³-hybridized carbons (Fsp3) is 0.833. The van der Waals surface area contributed by atoms with Crippen molar-refractivity contribution < 1.29 is 9.53 Å². The summed E-state index contributed by atoms with van der Waals surface area (Å²) in [6.07, 6.45) is 0.674. The van der Waals surface area contributed by atoms with Gasteiger partial charge in [-0.2, -0.15) is 0 Å². The standard InChI is InChI=1S/C6H9NO2/c8-5-1-6(2-7-5)3-9-4-6/h1-4H2,(H,7,8). The predicted octanol–water partition coefficient (Wildman–Crippen LogP) is -0.477. The molecule has 9 heavy (non-hydrogen) atoms. The molecule has 0 aromatic rings. The Kier molecular flexibility index (Phi) is 0.858. The maximum absolute atomic E-state index is 10.7. The average Bonchev–Trinajstić information content (AvgIpc) is 2.09. The van der Waals surface area contributed by atoms with Gasteiger partial charge in [0.1, 0.15) is 0 Å². The molecule has 0 saturated carbocycles. The van der Waals surface area contributed by atoms with Crippen molar-refractivity contribution >= 4 is 5.91 Å². The molecule has 3 nitrogen and oxygen atoms in total. The second kappa shape index (κ2) is 1.48. The van der Waals surface area contributed by atoms with E-state index in [0.29, 0.717) is 6.42 Å². The fourth-order valence-electron chi connectivity index (χ4n) is 1.35. The van der Waals surface area contributed by atoms with Crippen LogP contribution in [-0.2, 0) is 9.53 Å². The van der Waals surface area contributed by atoms with Gasteiger partial charge in [-0.1, -0.05) is 0 Å². The molecule has 1 spiro atoms. The van der Waals surface area contributed by atoms with E-state index in [2.05, 4.69) is 5.32 Å². The van der Waals surface area contributed by atoms with Gasteiger partial charge in [0, 0.05) is 18.4 Å². The van der Waals surface area contributed by atoms with Crippen LogP contribution in [0.1, 0.15) is 6.42 Å². The minimum absolute atomic E-state index is 0.179. The van der Waals surface area contributed by atoms with E-state index >= 15 is 0 Å². The summed E-state index contributed by atoms with van der Waals surface area (Å²) in [6.45, 7) is 2.36. The van der Waals surface area contributed by atoms with Crippen LogP contribution in [0.5, 0.6) is 0 Å². The molecule has 2 aliphatic rings. The van der Waals surface area contributed by atoms with Crippen LogP contribution in [0, 0.1) is 5.41 Å². The summed E-state index contributed by atoms with van der Waals surface area (Å²) in [7, 11) is 0. The Morgan fingerprint density at radius 2 is 2.33 bits per heavy atom. The third-order valence-corrected chi connectivity index (χ3v) is 2.01. The van der Waals surface area contributed by atoms with E-state index in [0.717, 1.165) is 19.8 Å². The summed E-state index contributed by atoms with van der Waals surface area (Å²) >= 11 is 0. The molecule has 0 aromatic carbocycles. The van der Waals surface area contributed by atoms with Crippen molar-refractivity contribution in [3.05, 3.63) is 0 Å². The number of carbonyl (C=O) groups excluding carboxylic acids is 1. The lowest BCUT2D eigenvalue weighted by Crippen LogP contribution is -2.43. The van der Waals surface area contributed by atoms with Crippen LogP contribution in [0.2, 0.25) is 0 Å². The van der Waals surface area contributed by atoms with Crippen LogP contribution in [-0.4, -0.2) is 25.7 Å². The maximum Gasteiger partial charge on any atom is 0.220 e. The zero-order chi connectivity index (χ0) is 6.32. The Labute approximate surface area is 53.4 Å². The summed E-state index contributed by atoms with van der Waals surface area (Å²) < 4.78 is 5.02. The molecule has 0 aromatic heterocycles. The normalized spacial score (nSPS) is 30.0. The van der Waals surface area contributed by atoms with E-state index in [1.807, 2.05) is 0 Å². The molecule has 1 N–H and O–H groups in total. The molecule has 2 saturated heterocycles. The first-order valence-corrected chi connectivity index (χ1v) is 3.15. The molecule has 2 aliphatic heterocycles. The number of rotatable bonds is 0. The smallest absolute Gasteiger partial charge is 0.220 e. The first-order valence-electron chi connectivity index (χ1n) is 3.15. The number of amides is 1. The Bertz CT molecular complexity index is 151. The largest absolute Gasteiger partial charge is 0.380 e. The maximum atomic E-state index is 10.7. The molecule has 2 fully saturated rings. The summed E-state index contributed by atoms with van der Waals surface area (Å²) in [4.78, 5) is 10.7. The molecule has 3 heteroatoms. The molecule has 0 unspecified atom stereocenters. The van der Waals surface area contributed by atoms with Gasteiger partial charge in [-0.15, -0.1) is 0 Å². The third kappa shape index (κ3) is 0.645. The van der Waals surface area contributed by atoms with E-state index in [1.54, 1.807) is 0 Å². The number of ether oxygens (including phenoxy) is 1. The Hall–Kier alpha value is -0.570. The number of hydrogen-bond acceptors (Lipinski definition) is 2. The van der Waals surface area contributed by atoms with Crippen LogP contribution >= 0.6 is 0 Å². The first-order chi connectivity index (χ1) is 4.31. The lowest BCUT2D eigenvalue weighted by molar-refractivity contribution is -0.126. The minimum atomic E-state index is 0.179. The quantitative estimate of drug-likeness (QED) is 0.477. The molecule has 2 rings (SSSR count). The highest BCUT2D eigenvalue weighted by atomic mass is 16.5. The molecular formula is C6H9NO2. The van der Waals surface area contributed by atoms with Crippen molar-refractivity contribution in [3.8, 4) is 0 Å². The molecular weight excluding hydrogens is 118 g/mol. The van der Waals surface area contributed by atoms with Gasteiger partial charge < -0.3 is 10.1 Å². The molecule has 2 heterocycles. The van der Waals surface area contributed by atoms with E-state index < -0.39 is 0 Å². The third-order valence-electron chi connectivity index (χ3n) is 2.01. The lowest BCUT2D eigenvalue weighted by atomic mass is 9.85. The summed E-state index contributed by atoms with van der Waals surface area (Å²) in [6, 6.07) is 0. The first kappa shape index (κ1) is 5.23. The highest BCUT2D eigenvalue weighted by molar-refractivity contribution is 5.79. The highest BCUT2D eigenvalue weighted by Gasteiger charge is 2.44. The Balaban J connectivity index is 2.07. The average molecular weight is 127 g/mol. The van der Waals surface area contributed by atoms with Gasteiger partial charge >= 0.3 is 0 Å². The van der Waals surface area contributed by atoms with Crippen molar-refractivity contribution in [1.29, 1.82) is 0 Å². The fourth-order valence-corrected chi connectivity index (χ4v) is 1.35. The van der Waals surface area contributed by atoms with Gasteiger partial charge in [-0.05, 0) is 0 Å².